The quantitative estimate of drug-likeness (QED) is 0.845. The first kappa shape index (κ1) is 10.5. The summed E-state index contributed by atoms with van der Waals surface area (Å²) in [5.74, 6) is 0. The van der Waals surface area contributed by atoms with Gasteiger partial charge in [0.05, 0.1) is 10.5 Å². The van der Waals surface area contributed by atoms with Crippen LogP contribution in [0.4, 0.5) is 0 Å². The van der Waals surface area contributed by atoms with Gasteiger partial charge in [-0.15, -0.1) is 0 Å². The lowest BCUT2D eigenvalue weighted by Crippen LogP contribution is -2.04. The van der Waals surface area contributed by atoms with E-state index in [1.165, 1.54) is 10.9 Å². The second kappa shape index (κ2) is 4.25. The highest BCUT2D eigenvalue weighted by Gasteiger charge is 2.09. The maximum absolute atomic E-state index is 6.21. The fraction of sp³-hybridized carbons (Fsp3) is 0.333. The zero-order valence-electron chi connectivity index (χ0n) is 9.05. The molecule has 0 unspecified atom stereocenters. The Balaban J connectivity index is 2.69. The van der Waals surface area contributed by atoms with Crippen molar-refractivity contribution in [2.45, 2.75) is 20.0 Å². The molecular formula is C12H15ClN2. The van der Waals surface area contributed by atoms with Gasteiger partial charge in [0.25, 0.3) is 0 Å². The number of rotatable bonds is 3. The normalized spacial score (nSPS) is 11.1. The number of aromatic nitrogens is 1. The topological polar surface area (TPSA) is 17.0 Å². The minimum atomic E-state index is 0.830. The second-order valence-corrected chi connectivity index (χ2v) is 4.01. The fourth-order valence-electron chi connectivity index (χ4n) is 1.97. The fourth-order valence-corrected chi connectivity index (χ4v) is 2.25. The molecule has 1 aromatic carbocycles. The molecule has 0 aliphatic rings. The van der Waals surface area contributed by atoms with Crippen molar-refractivity contribution in [3.8, 4) is 0 Å². The first-order chi connectivity index (χ1) is 7.27. The molecule has 0 spiro atoms. The first-order valence-corrected chi connectivity index (χ1v) is 5.56. The summed E-state index contributed by atoms with van der Waals surface area (Å²) in [4.78, 5) is 0. The highest BCUT2D eigenvalue weighted by Crippen LogP contribution is 2.27. The van der Waals surface area contributed by atoms with Crippen LogP contribution in [0.15, 0.2) is 24.4 Å². The number of nitrogens with one attached hydrogen (secondary N) is 1. The summed E-state index contributed by atoms with van der Waals surface area (Å²) in [7, 11) is 1.96. The van der Waals surface area contributed by atoms with Crippen molar-refractivity contribution in [3.05, 3.63) is 35.0 Å². The molecule has 0 saturated carbocycles. The summed E-state index contributed by atoms with van der Waals surface area (Å²) < 4.78 is 2.20. The summed E-state index contributed by atoms with van der Waals surface area (Å²) in [6.45, 7) is 3.96. The second-order valence-electron chi connectivity index (χ2n) is 3.61. The lowest BCUT2D eigenvalue weighted by molar-refractivity contribution is 0.775. The Bertz CT molecular complexity index is 474. The summed E-state index contributed by atoms with van der Waals surface area (Å²) in [5, 5.41) is 5.26. The van der Waals surface area contributed by atoms with Crippen molar-refractivity contribution >= 4 is 22.5 Å². The summed E-state index contributed by atoms with van der Waals surface area (Å²) >= 11 is 6.21. The van der Waals surface area contributed by atoms with Crippen molar-refractivity contribution in [1.82, 2.24) is 9.88 Å². The van der Waals surface area contributed by atoms with Gasteiger partial charge in [-0.25, -0.2) is 0 Å². The number of fused-ring (bicyclic) bond motifs is 1. The van der Waals surface area contributed by atoms with Crippen LogP contribution in [-0.4, -0.2) is 11.6 Å². The minimum absolute atomic E-state index is 0.830. The van der Waals surface area contributed by atoms with Crippen LogP contribution in [-0.2, 0) is 13.1 Å². The van der Waals surface area contributed by atoms with E-state index in [9.17, 15) is 0 Å². The highest BCUT2D eigenvalue weighted by molar-refractivity contribution is 6.35. The Hall–Kier alpha value is -0.990. The molecule has 1 aromatic heterocycles. The van der Waals surface area contributed by atoms with Crippen LogP contribution in [0.2, 0.25) is 5.02 Å². The van der Waals surface area contributed by atoms with E-state index < -0.39 is 0 Å². The molecule has 2 rings (SSSR count). The smallest absolute Gasteiger partial charge is 0.0672 e. The zero-order valence-corrected chi connectivity index (χ0v) is 9.80. The van der Waals surface area contributed by atoms with E-state index in [1.807, 2.05) is 19.2 Å². The number of hydrogen-bond acceptors (Lipinski definition) is 1. The zero-order chi connectivity index (χ0) is 10.8. The lowest BCUT2D eigenvalue weighted by atomic mass is 10.2. The van der Waals surface area contributed by atoms with Gasteiger partial charge in [0.1, 0.15) is 0 Å². The van der Waals surface area contributed by atoms with E-state index in [0.29, 0.717) is 0 Å². The maximum atomic E-state index is 6.21. The highest BCUT2D eigenvalue weighted by atomic mass is 35.5. The van der Waals surface area contributed by atoms with Crippen LogP contribution in [0.1, 0.15) is 12.5 Å². The van der Waals surface area contributed by atoms with Crippen LogP contribution >= 0.6 is 11.6 Å². The Labute approximate surface area is 94.8 Å². The monoisotopic (exact) mass is 222 g/mol. The molecule has 0 atom stereocenters. The molecule has 0 aliphatic carbocycles. The number of nitrogens with zero attached hydrogens (tertiary/aromatic N) is 1. The van der Waals surface area contributed by atoms with Gasteiger partial charge < -0.3 is 9.88 Å². The van der Waals surface area contributed by atoms with Crippen molar-refractivity contribution in [2.75, 3.05) is 7.05 Å². The minimum Gasteiger partial charge on any atom is -0.346 e. The molecule has 2 aromatic rings. The van der Waals surface area contributed by atoms with Gasteiger partial charge in [-0.1, -0.05) is 23.7 Å². The first-order valence-electron chi connectivity index (χ1n) is 5.18. The molecule has 2 nitrogen and oxygen atoms in total. The molecule has 15 heavy (non-hydrogen) atoms. The number of hydrogen-bond donors (Lipinski definition) is 1. The molecular weight excluding hydrogens is 208 g/mol. The molecule has 80 valence electrons. The molecule has 3 heteroatoms. The van der Waals surface area contributed by atoms with Crippen LogP contribution in [0.25, 0.3) is 10.9 Å². The summed E-state index contributed by atoms with van der Waals surface area (Å²) in [5.41, 5.74) is 2.45. The molecule has 0 fully saturated rings. The molecule has 0 amide bonds. The standard InChI is InChI=1S/C12H15ClN2/c1-3-15-8-9(7-14-2)10-5-4-6-11(13)12(10)15/h4-6,8,14H,3,7H2,1-2H3. The number of halogens is 1. The average Bonchev–Trinajstić information content (AvgIpc) is 2.59. The Morgan fingerprint density at radius 2 is 2.20 bits per heavy atom. The third-order valence-corrected chi connectivity index (χ3v) is 2.94. The van der Waals surface area contributed by atoms with Gasteiger partial charge in [0.15, 0.2) is 0 Å². The molecule has 0 bridgehead atoms. The van der Waals surface area contributed by atoms with E-state index in [1.54, 1.807) is 0 Å². The third kappa shape index (κ3) is 1.75. The van der Waals surface area contributed by atoms with Gasteiger partial charge in [0.2, 0.25) is 0 Å². The van der Waals surface area contributed by atoms with Gasteiger partial charge in [0, 0.05) is 24.7 Å². The predicted octanol–water partition coefficient (Wildman–Crippen LogP) is 3.03. The van der Waals surface area contributed by atoms with Crippen LogP contribution < -0.4 is 5.32 Å². The Morgan fingerprint density at radius 3 is 2.87 bits per heavy atom. The van der Waals surface area contributed by atoms with E-state index >= 15 is 0 Å². The van der Waals surface area contributed by atoms with Crippen molar-refractivity contribution < 1.29 is 0 Å². The SMILES string of the molecule is CCn1cc(CNC)c2cccc(Cl)c21. The largest absolute Gasteiger partial charge is 0.346 e. The van der Waals surface area contributed by atoms with Gasteiger partial charge in [-0.2, -0.15) is 0 Å². The van der Waals surface area contributed by atoms with Gasteiger partial charge >= 0.3 is 0 Å². The van der Waals surface area contributed by atoms with Gasteiger partial charge in [-0.3, -0.25) is 0 Å². The average molecular weight is 223 g/mol. The molecule has 1 heterocycles. The van der Waals surface area contributed by atoms with Crippen LogP contribution in [0.3, 0.4) is 0 Å². The lowest BCUT2D eigenvalue weighted by Gasteiger charge is -2.01. The number of benzene rings is 1. The van der Waals surface area contributed by atoms with Crippen molar-refractivity contribution in [3.63, 3.8) is 0 Å². The molecule has 0 saturated heterocycles. The van der Waals surface area contributed by atoms with E-state index in [-0.39, 0.29) is 0 Å². The van der Waals surface area contributed by atoms with E-state index in [0.717, 1.165) is 23.6 Å². The van der Waals surface area contributed by atoms with Gasteiger partial charge in [-0.05, 0) is 25.6 Å². The number of para-hydroxylation sites is 1. The van der Waals surface area contributed by atoms with E-state index in [2.05, 4.69) is 29.1 Å². The molecule has 0 radical (unpaired) electrons. The third-order valence-electron chi connectivity index (χ3n) is 2.64. The Kier molecular flexibility index (Phi) is 2.98. The predicted molar refractivity (Wildman–Crippen MR) is 65.4 cm³/mol. The molecule has 1 N–H and O–H groups in total. The Morgan fingerprint density at radius 1 is 1.40 bits per heavy atom. The molecule has 0 aliphatic heterocycles. The van der Waals surface area contributed by atoms with Crippen molar-refractivity contribution in [2.24, 2.45) is 0 Å². The summed E-state index contributed by atoms with van der Waals surface area (Å²) in [6, 6.07) is 6.07. The maximum Gasteiger partial charge on any atom is 0.0672 e. The van der Waals surface area contributed by atoms with Crippen LogP contribution in [0.5, 0.6) is 0 Å². The van der Waals surface area contributed by atoms with Crippen LogP contribution in [0, 0.1) is 0 Å². The summed E-state index contributed by atoms with van der Waals surface area (Å²) in [6.07, 6.45) is 2.17. The number of aryl methyl sites for hydroxylation is 1. The van der Waals surface area contributed by atoms with Crippen molar-refractivity contribution in [1.29, 1.82) is 0 Å². The van der Waals surface area contributed by atoms with E-state index in [4.69, 9.17) is 11.6 Å².